The van der Waals surface area contributed by atoms with Crippen LogP contribution < -0.4 is 0 Å². The van der Waals surface area contributed by atoms with Crippen molar-refractivity contribution >= 4 is 32.3 Å². The molecule has 0 saturated heterocycles. The highest BCUT2D eigenvalue weighted by molar-refractivity contribution is 5.99. The first kappa shape index (κ1) is 32.4. The topological polar surface area (TPSA) is 0 Å². The molecule has 6 aromatic carbocycles. The summed E-state index contributed by atoms with van der Waals surface area (Å²) in [6.07, 6.45) is 26.4. The van der Waals surface area contributed by atoms with E-state index in [1.165, 1.54) is 161 Å². The van der Waals surface area contributed by atoms with E-state index in [0.29, 0.717) is 0 Å². The second kappa shape index (κ2) is 12.8. The van der Waals surface area contributed by atoms with Crippen molar-refractivity contribution < 1.29 is 0 Å². The van der Waals surface area contributed by atoms with Gasteiger partial charge in [-0.1, -0.05) is 60.7 Å². The number of benzene rings is 6. The van der Waals surface area contributed by atoms with Crippen LogP contribution in [0.3, 0.4) is 0 Å². The Hall–Kier alpha value is -3.90. The van der Waals surface area contributed by atoms with E-state index in [-0.39, 0.29) is 0 Å². The summed E-state index contributed by atoms with van der Waals surface area (Å²) in [5.41, 5.74) is 19.8. The lowest BCUT2D eigenvalue weighted by Crippen LogP contribution is -2.28. The second-order valence-electron chi connectivity index (χ2n) is 19.2. The third-order valence-electron chi connectivity index (χ3n) is 16.1. The van der Waals surface area contributed by atoms with E-state index in [1.54, 1.807) is 66.8 Å². The van der Waals surface area contributed by atoms with E-state index in [2.05, 4.69) is 72.8 Å². The zero-order chi connectivity index (χ0) is 35.3. The van der Waals surface area contributed by atoms with Crippen LogP contribution in [0.1, 0.15) is 118 Å². The normalized spacial score (nSPS) is 24.7. The zero-order valence-electron chi connectivity index (χ0n) is 32.4. The number of aryl methyl sites for hydroxylation is 8. The third-order valence-corrected chi connectivity index (χ3v) is 16.1. The molecule has 12 rings (SSSR count). The molecule has 6 aliphatic rings. The van der Waals surface area contributed by atoms with E-state index in [1.807, 2.05) is 0 Å². The van der Waals surface area contributed by atoms with Gasteiger partial charge in [-0.25, -0.2) is 0 Å². The lowest BCUT2D eigenvalue weighted by molar-refractivity contribution is 0.270. The Morgan fingerprint density at radius 2 is 0.444 bits per heavy atom. The predicted molar refractivity (Wildman–Crippen MR) is 227 cm³/mol. The van der Waals surface area contributed by atoms with Crippen LogP contribution in [0.5, 0.6) is 0 Å². The highest BCUT2D eigenvalue weighted by atomic mass is 14.4. The van der Waals surface area contributed by atoms with Gasteiger partial charge in [-0.2, -0.15) is 0 Å². The van der Waals surface area contributed by atoms with E-state index < -0.39 is 0 Å². The van der Waals surface area contributed by atoms with E-state index >= 15 is 0 Å². The molecule has 0 fully saturated rings. The minimum Gasteiger partial charge on any atom is -0.0553 e. The van der Waals surface area contributed by atoms with Gasteiger partial charge in [0, 0.05) is 0 Å². The second-order valence-corrected chi connectivity index (χ2v) is 19.2. The van der Waals surface area contributed by atoms with Crippen LogP contribution in [0, 0.1) is 23.7 Å². The van der Waals surface area contributed by atoms with Crippen molar-refractivity contribution in [1.82, 2.24) is 0 Å². The SMILES string of the molecule is c1c2c(cc3c1CCC(C1CCc4cc5cc6c(cc5cc4C1)CCC(C1CCc4cc5cc7cc8c(cc7cc5cc4C1)CCCC8)C6)C3)CCCC2. The van der Waals surface area contributed by atoms with Crippen molar-refractivity contribution in [3.8, 4) is 0 Å². The number of rotatable bonds is 2. The highest BCUT2D eigenvalue weighted by Crippen LogP contribution is 2.43. The van der Waals surface area contributed by atoms with Gasteiger partial charge in [0.2, 0.25) is 0 Å². The summed E-state index contributed by atoms with van der Waals surface area (Å²) in [5.74, 6) is 3.33. The fraction of sp³-hybridized carbons (Fsp3) is 0.444. The molecule has 4 unspecified atom stereocenters. The average molecular weight is 705 g/mol. The molecule has 0 radical (unpaired) electrons. The van der Waals surface area contributed by atoms with Gasteiger partial charge < -0.3 is 0 Å². The van der Waals surface area contributed by atoms with Gasteiger partial charge >= 0.3 is 0 Å². The monoisotopic (exact) mass is 704 g/mol. The fourth-order valence-electron chi connectivity index (χ4n) is 13.0. The Kier molecular flexibility index (Phi) is 7.69. The van der Waals surface area contributed by atoms with Crippen molar-refractivity contribution in [3.05, 3.63) is 140 Å². The molecule has 0 amide bonds. The molecule has 0 bridgehead atoms. The fourth-order valence-corrected chi connectivity index (χ4v) is 13.0. The van der Waals surface area contributed by atoms with Gasteiger partial charge in [0.25, 0.3) is 0 Å². The van der Waals surface area contributed by atoms with Crippen molar-refractivity contribution in [2.45, 2.75) is 128 Å². The molecule has 0 saturated carbocycles. The molecular weight excluding hydrogens is 649 g/mol. The third kappa shape index (κ3) is 5.59. The summed E-state index contributed by atoms with van der Waals surface area (Å²) in [7, 11) is 0. The number of fused-ring (bicyclic) bond motifs is 9. The smallest absolute Gasteiger partial charge is 0.0175 e. The molecular formula is C54H56. The maximum absolute atomic E-state index is 2.65. The van der Waals surface area contributed by atoms with Crippen LogP contribution in [-0.2, 0) is 77.0 Å². The summed E-state index contributed by atoms with van der Waals surface area (Å²) in [6.45, 7) is 0. The summed E-state index contributed by atoms with van der Waals surface area (Å²) >= 11 is 0. The molecule has 6 aromatic rings. The van der Waals surface area contributed by atoms with Gasteiger partial charge in [-0.3, -0.25) is 0 Å². The van der Waals surface area contributed by atoms with E-state index in [4.69, 9.17) is 0 Å². The lowest BCUT2D eigenvalue weighted by atomic mass is 9.69. The van der Waals surface area contributed by atoms with Gasteiger partial charge in [0.1, 0.15) is 0 Å². The highest BCUT2D eigenvalue weighted by Gasteiger charge is 2.32. The zero-order valence-corrected chi connectivity index (χ0v) is 32.4. The van der Waals surface area contributed by atoms with Crippen molar-refractivity contribution in [3.63, 3.8) is 0 Å². The maximum Gasteiger partial charge on any atom is -0.0175 e. The molecule has 0 heteroatoms. The molecule has 0 spiro atoms. The Balaban J connectivity index is 0.759. The molecule has 4 atom stereocenters. The summed E-state index contributed by atoms with van der Waals surface area (Å²) in [6, 6.07) is 30.9. The Labute approximate surface area is 322 Å². The largest absolute Gasteiger partial charge is 0.0553 e. The standard InChI is InChI=1S/C54H56/c1-2-6-34-18-45-21-37(9-13-41(45)17-33(34)5-1)38-10-14-42-25-52-29-47-23-39(11-15-43(47)26-51(52)28-46(42)22-38)40-12-16-44-27-53-31-49-19-35-7-3-4-8-36(35)20-50(49)32-54(53)30-48(44)24-40/h17-20,25-32,37-40H,1-16,21-24H2. The summed E-state index contributed by atoms with van der Waals surface area (Å²) < 4.78 is 0. The molecule has 54 heavy (non-hydrogen) atoms. The molecule has 6 aliphatic carbocycles. The molecule has 0 N–H and O–H groups in total. The average Bonchev–Trinajstić information content (AvgIpc) is 3.21. The van der Waals surface area contributed by atoms with Crippen molar-refractivity contribution in [2.75, 3.05) is 0 Å². The van der Waals surface area contributed by atoms with Gasteiger partial charge in [-0.05, 0) is 263 Å². The van der Waals surface area contributed by atoms with Crippen LogP contribution in [0.25, 0.3) is 32.3 Å². The van der Waals surface area contributed by atoms with Crippen LogP contribution in [0.2, 0.25) is 0 Å². The van der Waals surface area contributed by atoms with Crippen LogP contribution >= 0.6 is 0 Å². The van der Waals surface area contributed by atoms with Crippen molar-refractivity contribution in [1.29, 1.82) is 0 Å². The minimum atomic E-state index is 0.809. The predicted octanol–water partition coefficient (Wildman–Crippen LogP) is 12.7. The molecule has 0 heterocycles. The first-order valence-electron chi connectivity index (χ1n) is 22.4. The van der Waals surface area contributed by atoms with Crippen molar-refractivity contribution in [2.24, 2.45) is 23.7 Å². The molecule has 0 aromatic heterocycles. The minimum absolute atomic E-state index is 0.809. The van der Waals surface area contributed by atoms with Crippen LogP contribution in [0.4, 0.5) is 0 Å². The Bertz CT molecular complexity index is 2490. The van der Waals surface area contributed by atoms with Crippen LogP contribution in [0.15, 0.2) is 72.8 Å². The molecule has 0 nitrogen and oxygen atoms in total. The molecule has 272 valence electrons. The van der Waals surface area contributed by atoms with E-state index in [0.717, 1.165) is 23.7 Å². The first-order valence-corrected chi connectivity index (χ1v) is 22.4. The number of hydrogen-bond acceptors (Lipinski definition) is 0. The first-order chi connectivity index (χ1) is 26.6. The van der Waals surface area contributed by atoms with Gasteiger partial charge in [-0.15, -0.1) is 0 Å². The Morgan fingerprint density at radius 3 is 0.796 bits per heavy atom. The van der Waals surface area contributed by atoms with Gasteiger partial charge in [0.15, 0.2) is 0 Å². The lowest BCUT2D eigenvalue weighted by Gasteiger charge is -2.36. The summed E-state index contributed by atoms with van der Waals surface area (Å²) in [5, 5.41) is 8.81. The Morgan fingerprint density at radius 1 is 0.222 bits per heavy atom. The van der Waals surface area contributed by atoms with E-state index in [9.17, 15) is 0 Å². The molecule has 0 aliphatic heterocycles. The van der Waals surface area contributed by atoms with Crippen LogP contribution in [-0.4, -0.2) is 0 Å². The quantitative estimate of drug-likeness (QED) is 0.157. The summed E-state index contributed by atoms with van der Waals surface area (Å²) in [4.78, 5) is 0. The maximum atomic E-state index is 2.65. The number of hydrogen-bond donors (Lipinski definition) is 0. The van der Waals surface area contributed by atoms with Gasteiger partial charge in [0.05, 0.1) is 0 Å².